The number of ether oxygens (including phenoxy) is 2. The molecule has 0 radical (unpaired) electrons. The third-order valence-electron chi connectivity index (χ3n) is 3.63. The van der Waals surface area contributed by atoms with E-state index in [0.717, 1.165) is 5.56 Å². The summed E-state index contributed by atoms with van der Waals surface area (Å²) in [6.07, 6.45) is 4.03. The molecule has 0 atom stereocenters. The highest BCUT2D eigenvalue weighted by Gasteiger charge is 2.12. The second-order valence-corrected chi connectivity index (χ2v) is 5.11. The number of fused-ring (bicyclic) bond motifs is 1. The Bertz CT molecular complexity index is 827. The first-order valence-corrected chi connectivity index (χ1v) is 7.51. The summed E-state index contributed by atoms with van der Waals surface area (Å²) in [5.74, 6) is 1.13. The lowest BCUT2D eigenvalue weighted by Gasteiger charge is -2.12. The molecule has 0 aliphatic rings. The van der Waals surface area contributed by atoms with Gasteiger partial charge >= 0.3 is 0 Å². The molecule has 2 aromatic heterocycles. The zero-order valence-electron chi connectivity index (χ0n) is 13.5. The van der Waals surface area contributed by atoms with Gasteiger partial charge in [0.05, 0.1) is 14.2 Å². The highest BCUT2D eigenvalue weighted by molar-refractivity contribution is 5.93. The van der Waals surface area contributed by atoms with E-state index in [1.54, 1.807) is 43.3 Å². The van der Waals surface area contributed by atoms with Crippen LogP contribution in [-0.2, 0) is 6.42 Å². The van der Waals surface area contributed by atoms with E-state index in [-0.39, 0.29) is 5.91 Å². The number of para-hydroxylation sites is 1. The van der Waals surface area contributed by atoms with Gasteiger partial charge in [0.2, 0.25) is 0 Å². The van der Waals surface area contributed by atoms with E-state index in [1.807, 2.05) is 18.2 Å². The molecule has 24 heavy (non-hydrogen) atoms. The van der Waals surface area contributed by atoms with Crippen molar-refractivity contribution in [3.63, 3.8) is 0 Å². The number of methoxy groups -OCH3 is 2. The summed E-state index contributed by atoms with van der Waals surface area (Å²) in [4.78, 5) is 16.4. The lowest BCUT2D eigenvalue weighted by atomic mass is 10.1. The standard InChI is InChI=1S/C17H18N4O3/c1-23-14-6-3-5-12(16(14)24-2)7-9-19-17(22)13-11-15-18-8-4-10-21(15)20-13/h3-6,8,10-11H,7,9H2,1-2H3,(H,19,22). The summed E-state index contributed by atoms with van der Waals surface area (Å²) in [7, 11) is 3.20. The van der Waals surface area contributed by atoms with Crippen LogP contribution in [0.5, 0.6) is 11.5 Å². The zero-order valence-corrected chi connectivity index (χ0v) is 13.5. The van der Waals surface area contributed by atoms with Crippen LogP contribution < -0.4 is 14.8 Å². The van der Waals surface area contributed by atoms with E-state index in [2.05, 4.69) is 15.4 Å². The molecule has 3 rings (SSSR count). The first-order valence-electron chi connectivity index (χ1n) is 7.51. The second kappa shape index (κ2) is 6.99. The highest BCUT2D eigenvalue weighted by Crippen LogP contribution is 2.30. The van der Waals surface area contributed by atoms with Crippen LogP contribution in [0.3, 0.4) is 0 Å². The number of nitrogens with one attached hydrogen (secondary N) is 1. The van der Waals surface area contributed by atoms with E-state index >= 15 is 0 Å². The monoisotopic (exact) mass is 326 g/mol. The van der Waals surface area contributed by atoms with Crippen LogP contribution in [0, 0.1) is 0 Å². The van der Waals surface area contributed by atoms with Crippen molar-refractivity contribution in [2.24, 2.45) is 0 Å². The fraction of sp³-hybridized carbons (Fsp3) is 0.235. The minimum atomic E-state index is -0.234. The van der Waals surface area contributed by atoms with Crippen molar-refractivity contribution in [2.45, 2.75) is 6.42 Å². The molecule has 0 aliphatic carbocycles. The SMILES string of the molecule is COc1cccc(CCNC(=O)c2cc3ncccn3n2)c1OC. The Hall–Kier alpha value is -3.09. The summed E-state index contributed by atoms with van der Waals surface area (Å²) < 4.78 is 12.2. The Morgan fingerprint density at radius 3 is 2.88 bits per heavy atom. The van der Waals surface area contributed by atoms with Gasteiger partial charge in [-0.2, -0.15) is 5.10 Å². The minimum absolute atomic E-state index is 0.234. The highest BCUT2D eigenvalue weighted by atomic mass is 16.5. The predicted octanol–water partition coefficient (Wildman–Crippen LogP) is 1.72. The molecule has 0 unspecified atom stereocenters. The van der Waals surface area contributed by atoms with Crippen LogP contribution in [0.1, 0.15) is 16.1 Å². The second-order valence-electron chi connectivity index (χ2n) is 5.11. The molecular formula is C17H18N4O3. The first kappa shape index (κ1) is 15.8. The van der Waals surface area contributed by atoms with Gasteiger partial charge in [-0.3, -0.25) is 4.79 Å². The summed E-state index contributed by atoms with van der Waals surface area (Å²) >= 11 is 0. The third kappa shape index (κ3) is 3.15. The Morgan fingerprint density at radius 1 is 1.25 bits per heavy atom. The maximum atomic E-state index is 12.2. The first-order chi connectivity index (χ1) is 11.7. The van der Waals surface area contributed by atoms with Crippen molar-refractivity contribution in [2.75, 3.05) is 20.8 Å². The number of aromatic nitrogens is 3. The van der Waals surface area contributed by atoms with Crippen LogP contribution in [0.25, 0.3) is 5.65 Å². The quantitative estimate of drug-likeness (QED) is 0.746. The van der Waals surface area contributed by atoms with Crippen molar-refractivity contribution in [3.8, 4) is 11.5 Å². The van der Waals surface area contributed by atoms with Crippen LogP contribution in [-0.4, -0.2) is 41.3 Å². The number of hydrogen-bond acceptors (Lipinski definition) is 5. The molecular weight excluding hydrogens is 308 g/mol. The fourth-order valence-corrected chi connectivity index (χ4v) is 2.49. The van der Waals surface area contributed by atoms with E-state index in [1.165, 1.54) is 0 Å². The van der Waals surface area contributed by atoms with Gasteiger partial charge in [-0.25, -0.2) is 9.50 Å². The number of benzene rings is 1. The fourth-order valence-electron chi connectivity index (χ4n) is 2.49. The number of rotatable bonds is 6. The maximum absolute atomic E-state index is 12.2. The lowest BCUT2D eigenvalue weighted by Crippen LogP contribution is -2.26. The van der Waals surface area contributed by atoms with E-state index in [0.29, 0.717) is 35.8 Å². The summed E-state index contributed by atoms with van der Waals surface area (Å²) in [6.45, 7) is 0.462. The van der Waals surface area contributed by atoms with Crippen molar-refractivity contribution >= 4 is 11.6 Å². The molecule has 0 bridgehead atoms. The zero-order chi connectivity index (χ0) is 16.9. The minimum Gasteiger partial charge on any atom is -0.493 e. The summed E-state index contributed by atoms with van der Waals surface area (Å²) in [5.41, 5.74) is 1.94. The Kier molecular flexibility index (Phi) is 4.60. The molecule has 3 aromatic rings. The smallest absolute Gasteiger partial charge is 0.271 e. The topological polar surface area (TPSA) is 77.8 Å². The molecule has 1 amide bonds. The van der Waals surface area contributed by atoms with Gasteiger partial charge < -0.3 is 14.8 Å². The molecule has 0 saturated heterocycles. The van der Waals surface area contributed by atoms with Crippen LogP contribution in [0.2, 0.25) is 0 Å². The molecule has 124 valence electrons. The normalized spacial score (nSPS) is 10.6. The van der Waals surface area contributed by atoms with Gasteiger partial charge in [-0.1, -0.05) is 12.1 Å². The van der Waals surface area contributed by atoms with Gasteiger partial charge in [0, 0.05) is 25.0 Å². The number of carbonyl (C=O) groups is 1. The van der Waals surface area contributed by atoms with Gasteiger partial charge in [0.25, 0.3) is 5.91 Å². The van der Waals surface area contributed by atoms with Gasteiger partial charge in [0.1, 0.15) is 0 Å². The lowest BCUT2D eigenvalue weighted by molar-refractivity contribution is 0.0948. The van der Waals surface area contributed by atoms with Gasteiger partial charge in [-0.05, 0) is 24.1 Å². The van der Waals surface area contributed by atoms with Crippen LogP contribution in [0.4, 0.5) is 0 Å². The van der Waals surface area contributed by atoms with Gasteiger partial charge in [-0.15, -0.1) is 0 Å². The summed E-state index contributed by atoms with van der Waals surface area (Å²) in [5, 5.41) is 7.06. The average molecular weight is 326 g/mol. The Labute approximate surface area is 139 Å². The Morgan fingerprint density at radius 2 is 2.12 bits per heavy atom. The van der Waals surface area contributed by atoms with E-state index in [4.69, 9.17) is 9.47 Å². The maximum Gasteiger partial charge on any atom is 0.271 e. The largest absolute Gasteiger partial charge is 0.493 e. The molecule has 7 heteroatoms. The molecule has 0 saturated carbocycles. The van der Waals surface area contributed by atoms with E-state index in [9.17, 15) is 4.79 Å². The van der Waals surface area contributed by atoms with Crippen molar-refractivity contribution in [1.29, 1.82) is 0 Å². The number of carbonyl (C=O) groups excluding carboxylic acids is 1. The summed E-state index contributed by atoms with van der Waals surface area (Å²) in [6, 6.07) is 9.09. The number of hydrogen-bond donors (Lipinski definition) is 1. The molecule has 0 aliphatic heterocycles. The molecule has 0 fully saturated rings. The van der Waals surface area contributed by atoms with Crippen molar-refractivity contribution in [3.05, 3.63) is 54.0 Å². The predicted molar refractivity (Wildman–Crippen MR) is 88.6 cm³/mol. The van der Waals surface area contributed by atoms with E-state index < -0.39 is 0 Å². The molecule has 2 heterocycles. The van der Waals surface area contributed by atoms with Crippen LogP contribution >= 0.6 is 0 Å². The number of nitrogens with zero attached hydrogens (tertiary/aromatic N) is 3. The van der Waals surface area contributed by atoms with Crippen molar-refractivity contribution < 1.29 is 14.3 Å². The molecule has 1 N–H and O–H groups in total. The average Bonchev–Trinajstić information content (AvgIpc) is 3.05. The van der Waals surface area contributed by atoms with Crippen molar-refractivity contribution in [1.82, 2.24) is 19.9 Å². The third-order valence-corrected chi connectivity index (χ3v) is 3.63. The van der Waals surface area contributed by atoms with Crippen LogP contribution in [0.15, 0.2) is 42.7 Å². The number of amides is 1. The molecule has 7 nitrogen and oxygen atoms in total. The Balaban J connectivity index is 1.65. The molecule has 1 aromatic carbocycles. The van der Waals surface area contributed by atoms with Gasteiger partial charge in [0.15, 0.2) is 22.8 Å². The molecule has 0 spiro atoms.